The molecule has 1 N–H and O–H groups in total. The summed E-state index contributed by atoms with van der Waals surface area (Å²) in [6.07, 6.45) is -2.08. The number of imidazole rings is 1. The van der Waals surface area contributed by atoms with Crippen molar-refractivity contribution in [1.82, 2.24) is 18.7 Å². The smallest absolute Gasteiger partial charge is 0.416 e. The maximum atomic E-state index is 13.3. The van der Waals surface area contributed by atoms with Crippen molar-refractivity contribution in [3.8, 4) is 5.69 Å². The van der Waals surface area contributed by atoms with E-state index in [0.29, 0.717) is 16.6 Å². The highest BCUT2D eigenvalue weighted by Gasteiger charge is 2.33. The lowest BCUT2D eigenvalue weighted by Crippen LogP contribution is -2.42. The Morgan fingerprint density at radius 2 is 1.88 bits per heavy atom. The number of alkyl halides is 3. The molecular weight excluding hydrogens is 453 g/mol. The van der Waals surface area contributed by atoms with Crippen molar-refractivity contribution in [1.29, 1.82) is 0 Å². The molecule has 8 nitrogen and oxygen atoms in total. The summed E-state index contributed by atoms with van der Waals surface area (Å²) in [5.74, 6) is -1.57. The van der Waals surface area contributed by atoms with Gasteiger partial charge < -0.3 is 9.67 Å². The van der Waals surface area contributed by atoms with Crippen LogP contribution < -0.4 is 11.2 Å². The number of benzene rings is 2. The first-order valence-corrected chi connectivity index (χ1v) is 10.2. The predicted molar refractivity (Wildman–Crippen MR) is 118 cm³/mol. The van der Waals surface area contributed by atoms with Gasteiger partial charge in [0.25, 0.3) is 5.56 Å². The molecule has 0 atom stereocenters. The average Bonchev–Trinajstić information content (AvgIpc) is 3.19. The van der Waals surface area contributed by atoms with Crippen LogP contribution in [0.5, 0.6) is 0 Å². The van der Waals surface area contributed by atoms with Crippen LogP contribution in [0.4, 0.5) is 13.2 Å². The molecule has 34 heavy (non-hydrogen) atoms. The highest BCUT2D eigenvalue weighted by Crippen LogP contribution is 2.33. The van der Waals surface area contributed by atoms with Crippen molar-refractivity contribution >= 4 is 17.0 Å². The molecule has 0 radical (unpaired) electrons. The molecule has 0 unspecified atom stereocenters. The van der Waals surface area contributed by atoms with E-state index in [2.05, 4.69) is 4.98 Å². The van der Waals surface area contributed by atoms with Crippen molar-refractivity contribution < 1.29 is 23.1 Å². The number of nitrogens with zero attached hydrogens (tertiary/aromatic N) is 4. The summed E-state index contributed by atoms with van der Waals surface area (Å²) in [5.41, 5.74) is -2.06. The van der Waals surface area contributed by atoms with E-state index in [-0.39, 0.29) is 16.8 Å². The Labute approximate surface area is 190 Å². The van der Waals surface area contributed by atoms with E-state index in [9.17, 15) is 32.7 Å². The van der Waals surface area contributed by atoms with Crippen molar-refractivity contribution in [3.63, 3.8) is 0 Å². The number of aromatic carboxylic acids is 1. The van der Waals surface area contributed by atoms with Crippen LogP contribution in [0.2, 0.25) is 0 Å². The lowest BCUT2D eigenvalue weighted by molar-refractivity contribution is -0.138. The third-order valence-corrected chi connectivity index (χ3v) is 5.70. The number of hydrogen-bond donors (Lipinski definition) is 1. The summed E-state index contributed by atoms with van der Waals surface area (Å²) in [6.45, 7) is 3.31. The summed E-state index contributed by atoms with van der Waals surface area (Å²) < 4.78 is 43.4. The van der Waals surface area contributed by atoms with Crippen molar-refractivity contribution in [2.24, 2.45) is 0 Å². The average molecular weight is 472 g/mol. The third-order valence-electron chi connectivity index (χ3n) is 5.70. The lowest BCUT2D eigenvalue weighted by Gasteiger charge is -2.16. The number of rotatable bonds is 5. The second kappa shape index (κ2) is 8.32. The molecule has 0 saturated carbocycles. The van der Waals surface area contributed by atoms with Gasteiger partial charge in [-0.2, -0.15) is 13.2 Å². The zero-order chi connectivity index (χ0) is 24.8. The Bertz CT molecular complexity index is 1550. The summed E-state index contributed by atoms with van der Waals surface area (Å²) in [4.78, 5) is 42.0. The topological polar surface area (TPSA) is 99.1 Å². The molecule has 0 bridgehead atoms. The van der Waals surface area contributed by atoms with Gasteiger partial charge in [-0.1, -0.05) is 12.1 Å². The molecule has 0 aliphatic rings. The molecule has 4 aromatic rings. The molecule has 0 spiro atoms. The van der Waals surface area contributed by atoms with E-state index in [1.54, 1.807) is 24.5 Å². The van der Waals surface area contributed by atoms with Crippen molar-refractivity contribution in [2.45, 2.75) is 33.1 Å². The summed E-state index contributed by atoms with van der Waals surface area (Å²) >= 11 is 0. The molecule has 0 aliphatic heterocycles. The number of hydrogen-bond acceptors (Lipinski definition) is 4. The van der Waals surface area contributed by atoms with Crippen molar-refractivity contribution in [3.05, 3.63) is 92.0 Å². The van der Waals surface area contributed by atoms with Gasteiger partial charge in [0, 0.05) is 12.7 Å². The van der Waals surface area contributed by atoms with Gasteiger partial charge in [-0.15, -0.1) is 0 Å². The molecule has 4 rings (SSSR count). The number of carboxylic acids is 1. The van der Waals surface area contributed by atoms with E-state index >= 15 is 0 Å². The second-order valence-electron chi connectivity index (χ2n) is 7.68. The van der Waals surface area contributed by atoms with E-state index in [0.717, 1.165) is 22.3 Å². The van der Waals surface area contributed by atoms with Crippen LogP contribution in [0.1, 0.15) is 34.0 Å². The fraction of sp³-hybridized carbons (Fsp3) is 0.217. The second-order valence-corrected chi connectivity index (χ2v) is 7.68. The van der Waals surface area contributed by atoms with Gasteiger partial charge >= 0.3 is 17.8 Å². The fourth-order valence-corrected chi connectivity index (χ4v) is 3.86. The van der Waals surface area contributed by atoms with Gasteiger partial charge in [0.1, 0.15) is 5.56 Å². The Morgan fingerprint density at radius 3 is 2.53 bits per heavy atom. The fourth-order valence-electron chi connectivity index (χ4n) is 3.86. The van der Waals surface area contributed by atoms with Crippen LogP contribution in [-0.2, 0) is 19.3 Å². The van der Waals surface area contributed by atoms with E-state index in [1.165, 1.54) is 19.1 Å². The largest absolute Gasteiger partial charge is 0.477 e. The van der Waals surface area contributed by atoms with Crippen molar-refractivity contribution in [2.75, 3.05) is 0 Å². The Balaban J connectivity index is 1.91. The molecule has 2 heterocycles. The Kier molecular flexibility index (Phi) is 5.64. The van der Waals surface area contributed by atoms with Crippen LogP contribution in [0.25, 0.3) is 16.7 Å². The van der Waals surface area contributed by atoms with E-state index in [1.807, 2.05) is 11.5 Å². The van der Waals surface area contributed by atoms with Gasteiger partial charge in [0.2, 0.25) is 0 Å². The van der Waals surface area contributed by atoms with Crippen LogP contribution in [0.3, 0.4) is 0 Å². The minimum absolute atomic E-state index is 0.0697. The normalized spacial score (nSPS) is 11.8. The highest BCUT2D eigenvalue weighted by molar-refractivity contribution is 5.87. The SMILES string of the molecule is CCn1cnc2cc(-n3cc(C(=O)O)c(=O)n(Cc4cccc(C(F)(F)F)c4C)c3=O)ccc21. The molecule has 11 heteroatoms. The lowest BCUT2D eigenvalue weighted by atomic mass is 10.0. The molecule has 0 saturated heterocycles. The number of halogens is 3. The first-order valence-electron chi connectivity index (χ1n) is 10.2. The van der Waals surface area contributed by atoms with Crippen LogP contribution in [-0.4, -0.2) is 29.8 Å². The standard InChI is InChI=1S/C23H19F3N4O4/c1-3-28-12-27-18-9-15(7-8-19(18)28)29-11-16(21(32)33)20(31)30(22(29)34)10-14-5-4-6-17(13(14)2)23(24,25)26/h4-9,11-12H,3,10H2,1-2H3,(H,32,33). The summed E-state index contributed by atoms with van der Waals surface area (Å²) in [6, 6.07) is 8.29. The molecule has 2 aromatic heterocycles. The monoisotopic (exact) mass is 472 g/mol. The third kappa shape index (κ3) is 3.89. The van der Waals surface area contributed by atoms with Gasteiger partial charge in [0.15, 0.2) is 0 Å². The number of carbonyl (C=O) groups is 1. The number of fused-ring (bicyclic) bond motifs is 1. The summed E-state index contributed by atoms with van der Waals surface area (Å²) in [7, 11) is 0. The number of carboxylic acid groups (broad SMARTS) is 1. The quantitative estimate of drug-likeness (QED) is 0.480. The zero-order valence-corrected chi connectivity index (χ0v) is 18.1. The predicted octanol–water partition coefficient (Wildman–Crippen LogP) is 3.44. The van der Waals surface area contributed by atoms with Gasteiger partial charge in [-0.05, 0) is 49.2 Å². The maximum absolute atomic E-state index is 13.3. The van der Waals surface area contributed by atoms with Gasteiger partial charge in [-0.25, -0.2) is 14.6 Å². The Hall–Kier alpha value is -4.15. The molecule has 0 amide bonds. The number of aromatic nitrogens is 4. The first kappa shape index (κ1) is 23.0. The van der Waals surface area contributed by atoms with E-state index < -0.39 is 41.1 Å². The maximum Gasteiger partial charge on any atom is 0.416 e. The van der Waals surface area contributed by atoms with Gasteiger partial charge in [0.05, 0.1) is 35.2 Å². The first-order chi connectivity index (χ1) is 16.0. The molecule has 0 fully saturated rings. The van der Waals surface area contributed by atoms with E-state index in [4.69, 9.17) is 0 Å². The van der Waals surface area contributed by atoms with Gasteiger partial charge in [-0.3, -0.25) is 13.9 Å². The highest BCUT2D eigenvalue weighted by atomic mass is 19.4. The molecular formula is C23H19F3N4O4. The molecule has 176 valence electrons. The minimum Gasteiger partial charge on any atom is -0.477 e. The minimum atomic E-state index is -4.62. The van der Waals surface area contributed by atoms with Crippen LogP contribution in [0, 0.1) is 6.92 Å². The zero-order valence-electron chi connectivity index (χ0n) is 18.1. The molecule has 0 aliphatic carbocycles. The summed E-state index contributed by atoms with van der Waals surface area (Å²) in [5, 5.41) is 9.54. The Morgan fingerprint density at radius 1 is 1.15 bits per heavy atom. The number of aryl methyl sites for hydroxylation is 1. The van der Waals surface area contributed by atoms with Crippen LogP contribution >= 0.6 is 0 Å². The van der Waals surface area contributed by atoms with Crippen LogP contribution in [0.15, 0.2) is 58.5 Å². The molecule has 2 aromatic carbocycles.